The van der Waals surface area contributed by atoms with Gasteiger partial charge in [-0.05, 0) is 89.9 Å². The van der Waals surface area contributed by atoms with Crippen LogP contribution in [0.15, 0.2) is 85.1 Å². The van der Waals surface area contributed by atoms with Crippen LogP contribution in [0.2, 0.25) is 0 Å². The molecule has 0 aliphatic rings. The van der Waals surface area contributed by atoms with E-state index in [1.54, 1.807) is 0 Å². The molecule has 0 bridgehead atoms. The normalized spacial score (nSPS) is 13.5. The summed E-state index contributed by atoms with van der Waals surface area (Å²) in [5, 5.41) is 0. The minimum Gasteiger partial charge on any atom is -0.462 e. The monoisotopic (exact) mass is 1280 g/mol. The molecule has 1 N–H and O–H groups in total. The van der Waals surface area contributed by atoms with E-state index >= 15 is 0 Å². The van der Waals surface area contributed by atoms with Crippen LogP contribution in [0.25, 0.3) is 0 Å². The molecular formula is C80H147NO8P+. The number of unbranched alkanes of at least 4 members (excludes halogenated alkanes) is 43. The first-order valence-electron chi connectivity index (χ1n) is 38.3. The van der Waals surface area contributed by atoms with Crippen LogP contribution in [0.5, 0.6) is 0 Å². The van der Waals surface area contributed by atoms with Crippen molar-refractivity contribution in [1.29, 1.82) is 0 Å². The van der Waals surface area contributed by atoms with Gasteiger partial charge in [0, 0.05) is 12.8 Å². The molecule has 0 aliphatic carbocycles. The Labute approximate surface area is 558 Å². The summed E-state index contributed by atoms with van der Waals surface area (Å²) in [4.78, 5) is 35.9. The zero-order chi connectivity index (χ0) is 65.5. The van der Waals surface area contributed by atoms with Crippen molar-refractivity contribution in [3.63, 3.8) is 0 Å². The molecule has 2 atom stereocenters. The van der Waals surface area contributed by atoms with Crippen LogP contribution in [0.3, 0.4) is 0 Å². The molecule has 0 spiro atoms. The number of carbonyl (C=O) groups is 2. The Morgan fingerprint density at radius 3 is 0.944 bits per heavy atom. The molecule has 0 saturated heterocycles. The third-order valence-corrected chi connectivity index (χ3v) is 17.9. The van der Waals surface area contributed by atoms with Crippen molar-refractivity contribution < 1.29 is 42.1 Å². The minimum atomic E-state index is -4.39. The van der Waals surface area contributed by atoms with Crippen LogP contribution in [0.1, 0.15) is 361 Å². The first-order chi connectivity index (χ1) is 44.0. The summed E-state index contributed by atoms with van der Waals surface area (Å²) in [6.07, 6.45) is 97.2. The molecule has 0 heterocycles. The number of ether oxygens (including phenoxy) is 2. The van der Waals surface area contributed by atoms with E-state index in [4.69, 9.17) is 18.5 Å². The van der Waals surface area contributed by atoms with E-state index in [9.17, 15) is 19.0 Å². The van der Waals surface area contributed by atoms with Crippen LogP contribution in [0.4, 0.5) is 0 Å². The van der Waals surface area contributed by atoms with Gasteiger partial charge in [-0.25, -0.2) is 4.57 Å². The molecule has 2 unspecified atom stereocenters. The SMILES string of the molecule is CC/C=C\C/C=C\C/C=C\C/C=C\C/C=C\CCCCCCCCCCCCCCCCCCCCCCCCCC(=O)OC(COC(=O)CCCCCCCCCCCCCCCCC/C=C\C/C=C\CCCCCCC)COP(=O)(O)OCC[N+](C)(C)C. The summed E-state index contributed by atoms with van der Waals surface area (Å²) < 4.78 is 34.8. The summed E-state index contributed by atoms with van der Waals surface area (Å²) >= 11 is 0. The number of esters is 2. The van der Waals surface area contributed by atoms with E-state index in [0.29, 0.717) is 23.9 Å². The second kappa shape index (κ2) is 70.5. The van der Waals surface area contributed by atoms with Crippen molar-refractivity contribution in [2.75, 3.05) is 47.5 Å². The first kappa shape index (κ1) is 87.2. The molecule has 0 saturated carbocycles. The fourth-order valence-electron chi connectivity index (χ4n) is 11.1. The van der Waals surface area contributed by atoms with E-state index < -0.39 is 26.5 Å². The summed E-state index contributed by atoms with van der Waals surface area (Å²) in [5.74, 6) is -0.780. The molecule has 0 amide bonds. The molecule has 0 radical (unpaired) electrons. The zero-order valence-electron chi connectivity index (χ0n) is 59.9. The molecule has 90 heavy (non-hydrogen) atoms. The lowest BCUT2D eigenvalue weighted by molar-refractivity contribution is -0.870. The summed E-state index contributed by atoms with van der Waals surface area (Å²) in [6.45, 7) is 4.36. The van der Waals surface area contributed by atoms with E-state index in [1.807, 2.05) is 21.1 Å². The highest BCUT2D eigenvalue weighted by molar-refractivity contribution is 7.47. The highest BCUT2D eigenvalue weighted by atomic mass is 31.2. The van der Waals surface area contributed by atoms with Crippen LogP contribution in [-0.2, 0) is 32.7 Å². The Balaban J connectivity index is 3.94. The maximum Gasteiger partial charge on any atom is 0.472 e. The molecule has 10 heteroatoms. The lowest BCUT2D eigenvalue weighted by Crippen LogP contribution is -2.37. The number of likely N-dealkylation sites (N-methyl/N-ethyl adjacent to an activating group) is 1. The van der Waals surface area contributed by atoms with Gasteiger partial charge in [0.15, 0.2) is 6.10 Å². The van der Waals surface area contributed by atoms with E-state index in [2.05, 4.69) is 98.9 Å². The van der Waals surface area contributed by atoms with Crippen LogP contribution >= 0.6 is 7.82 Å². The Morgan fingerprint density at radius 2 is 0.633 bits per heavy atom. The number of hydrogen-bond donors (Lipinski definition) is 1. The first-order valence-corrected chi connectivity index (χ1v) is 39.8. The van der Waals surface area contributed by atoms with E-state index in [1.165, 1.54) is 257 Å². The highest BCUT2D eigenvalue weighted by Gasteiger charge is 2.27. The summed E-state index contributed by atoms with van der Waals surface area (Å²) in [6, 6.07) is 0. The lowest BCUT2D eigenvalue weighted by atomic mass is 10.0. The van der Waals surface area contributed by atoms with Gasteiger partial charge < -0.3 is 18.9 Å². The van der Waals surface area contributed by atoms with Crippen LogP contribution in [0, 0.1) is 0 Å². The zero-order valence-corrected chi connectivity index (χ0v) is 60.8. The average Bonchev–Trinajstić information content (AvgIpc) is 3.58. The van der Waals surface area contributed by atoms with Gasteiger partial charge >= 0.3 is 19.8 Å². The number of quaternary nitrogens is 1. The number of rotatable bonds is 71. The number of nitrogens with zero attached hydrogens (tertiary/aromatic N) is 1. The van der Waals surface area contributed by atoms with Crippen molar-refractivity contribution in [2.24, 2.45) is 0 Å². The number of phosphoric ester groups is 1. The van der Waals surface area contributed by atoms with Crippen LogP contribution < -0.4 is 0 Å². The summed E-state index contributed by atoms with van der Waals surface area (Å²) in [5.41, 5.74) is 0. The second-order valence-electron chi connectivity index (χ2n) is 27.0. The number of phosphoric acid groups is 1. The molecule has 524 valence electrons. The third kappa shape index (κ3) is 74.2. The van der Waals surface area contributed by atoms with Gasteiger partial charge in [0.25, 0.3) is 0 Å². The van der Waals surface area contributed by atoms with Crippen molar-refractivity contribution in [3.8, 4) is 0 Å². The van der Waals surface area contributed by atoms with Gasteiger partial charge in [-0.2, -0.15) is 0 Å². The van der Waals surface area contributed by atoms with Gasteiger partial charge in [0.05, 0.1) is 27.7 Å². The molecule has 9 nitrogen and oxygen atoms in total. The van der Waals surface area contributed by atoms with Crippen molar-refractivity contribution >= 4 is 19.8 Å². The van der Waals surface area contributed by atoms with Crippen molar-refractivity contribution in [2.45, 2.75) is 367 Å². The Kier molecular flexibility index (Phi) is 68.3. The van der Waals surface area contributed by atoms with Gasteiger partial charge in [-0.3, -0.25) is 18.6 Å². The summed E-state index contributed by atoms with van der Waals surface area (Å²) in [7, 11) is 1.49. The van der Waals surface area contributed by atoms with E-state index in [-0.39, 0.29) is 25.6 Å². The molecule has 0 aromatic rings. The van der Waals surface area contributed by atoms with E-state index in [0.717, 1.165) is 70.6 Å². The fourth-order valence-corrected chi connectivity index (χ4v) is 11.8. The number of allylic oxidation sites excluding steroid dienone is 14. The molecule has 0 aromatic heterocycles. The number of carbonyl (C=O) groups excluding carboxylic acids is 2. The second-order valence-corrected chi connectivity index (χ2v) is 28.5. The smallest absolute Gasteiger partial charge is 0.462 e. The largest absolute Gasteiger partial charge is 0.472 e. The van der Waals surface area contributed by atoms with Gasteiger partial charge in [-0.15, -0.1) is 0 Å². The maximum absolute atomic E-state index is 12.9. The maximum atomic E-state index is 12.9. The molecule has 0 aliphatic heterocycles. The van der Waals surface area contributed by atoms with Gasteiger partial charge in [-0.1, -0.05) is 343 Å². The average molecular weight is 1280 g/mol. The minimum absolute atomic E-state index is 0.0323. The molecular weight excluding hydrogens is 1130 g/mol. The van der Waals surface area contributed by atoms with Gasteiger partial charge in [0.2, 0.25) is 0 Å². The standard InChI is InChI=1S/C80H146NO8P/c1-6-8-10-12-14-16-18-20-22-24-26-28-30-32-34-35-36-37-38-39-40-41-42-43-44-45-47-49-51-53-55-57-59-61-63-65-67-69-71-73-80(83)89-78(77-88-90(84,85)87-75-74-81(3,4)5)76-86-79(82)72-70-68-66-64-62-60-58-56-54-52-50-48-46-33-31-29-27-25-23-21-19-17-15-13-11-9-7-2/h8,10,14,16,19-22,25-28,32,34,78H,6-7,9,11-13,15,17-18,23-24,29-31,33,35-77H2,1-5H3/p+1/b10-8-,16-14-,21-19-,22-20-,27-25-,28-26-,34-32-. The van der Waals surface area contributed by atoms with Crippen molar-refractivity contribution in [1.82, 2.24) is 0 Å². The molecule has 0 aromatic carbocycles. The van der Waals surface area contributed by atoms with Crippen LogP contribution in [-0.4, -0.2) is 74.9 Å². The third-order valence-electron chi connectivity index (χ3n) is 16.9. The molecule has 0 rings (SSSR count). The highest BCUT2D eigenvalue weighted by Crippen LogP contribution is 2.43. The number of hydrogen-bond acceptors (Lipinski definition) is 7. The predicted molar refractivity (Wildman–Crippen MR) is 390 cm³/mol. The van der Waals surface area contributed by atoms with Gasteiger partial charge in [0.1, 0.15) is 19.8 Å². The predicted octanol–water partition coefficient (Wildman–Crippen LogP) is 25.3. The Hall–Kier alpha value is -2.81. The molecule has 0 fully saturated rings. The quantitative estimate of drug-likeness (QED) is 0.0211. The van der Waals surface area contributed by atoms with Crippen molar-refractivity contribution in [3.05, 3.63) is 85.1 Å². The Bertz CT molecular complexity index is 1800. The Morgan fingerprint density at radius 1 is 0.356 bits per heavy atom. The lowest BCUT2D eigenvalue weighted by Gasteiger charge is -2.24. The topological polar surface area (TPSA) is 108 Å². The fraction of sp³-hybridized carbons (Fsp3) is 0.800.